The van der Waals surface area contributed by atoms with Gasteiger partial charge in [0.2, 0.25) is 0 Å². The molecule has 1 aliphatic rings. The summed E-state index contributed by atoms with van der Waals surface area (Å²) < 4.78 is 18.7. The van der Waals surface area contributed by atoms with Crippen molar-refractivity contribution < 1.29 is 18.7 Å². The number of pyridine rings is 1. The van der Waals surface area contributed by atoms with Crippen molar-refractivity contribution >= 4 is 34.9 Å². The molecule has 0 aliphatic carbocycles. The summed E-state index contributed by atoms with van der Waals surface area (Å²) in [6.45, 7) is 5.00. The number of nitrogens with zero attached hydrogens (tertiary/aromatic N) is 3. The van der Waals surface area contributed by atoms with E-state index in [0.29, 0.717) is 17.9 Å². The Labute approximate surface area is 180 Å². The Kier molecular flexibility index (Phi) is 6.31. The summed E-state index contributed by atoms with van der Waals surface area (Å²) in [7, 11) is 2.94. The molecular weight excluding hydrogens is 409 g/mol. The van der Waals surface area contributed by atoms with Crippen LogP contribution in [0.3, 0.4) is 0 Å². The normalized spacial score (nSPS) is 17.6. The summed E-state index contributed by atoms with van der Waals surface area (Å²) in [5, 5.41) is 0.0745. The maximum Gasteiger partial charge on any atom is 0.307 e. The van der Waals surface area contributed by atoms with Crippen LogP contribution < -0.4 is 4.90 Å². The van der Waals surface area contributed by atoms with E-state index in [1.165, 1.54) is 24.1 Å². The lowest BCUT2D eigenvalue weighted by Crippen LogP contribution is -2.31. The smallest absolute Gasteiger partial charge is 0.307 e. The fourth-order valence-electron chi connectivity index (χ4n) is 3.56. The molecule has 2 aromatic rings. The van der Waals surface area contributed by atoms with Crippen molar-refractivity contribution in [1.82, 2.24) is 9.88 Å². The van der Waals surface area contributed by atoms with E-state index in [-0.39, 0.29) is 35.3 Å². The fourth-order valence-corrected chi connectivity index (χ4v) is 3.68. The Balaban J connectivity index is 1.92. The van der Waals surface area contributed by atoms with Crippen LogP contribution in [0.15, 0.2) is 30.3 Å². The van der Waals surface area contributed by atoms with Crippen LogP contribution in [0.1, 0.15) is 42.9 Å². The van der Waals surface area contributed by atoms with Gasteiger partial charge in [-0.1, -0.05) is 25.4 Å². The lowest BCUT2D eigenvalue weighted by atomic mass is 9.85. The first-order valence-electron chi connectivity index (χ1n) is 9.76. The number of methoxy groups -OCH3 is 1. The predicted molar refractivity (Wildman–Crippen MR) is 114 cm³/mol. The number of carbonyl (C=O) groups is 2. The minimum Gasteiger partial charge on any atom is -0.469 e. The number of ether oxygens (including phenoxy) is 1. The molecule has 6 nitrogen and oxygen atoms in total. The van der Waals surface area contributed by atoms with Gasteiger partial charge in [0.05, 0.1) is 29.9 Å². The van der Waals surface area contributed by atoms with Gasteiger partial charge in [-0.15, -0.1) is 0 Å². The fraction of sp³-hybridized carbons (Fsp3) is 0.409. The largest absolute Gasteiger partial charge is 0.469 e. The second kappa shape index (κ2) is 8.60. The number of hydrogen-bond acceptors (Lipinski definition) is 5. The van der Waals surface area contributed by atoms with E-state index >= 15 is 0 Å². The zero-order valence-corrected chi connectivity index (χ0v) is 18.3. The Morgan fingerprint density at radius 1 is 1.33 bits per heavy atom. The molecule has 1 amide bonds. The second-order valence-corrected chi connectivity index (χ2v) is 8.12. The van der Waals surface area contributed by atoms with Crippen LogP contribution in [0.5, 0.6) is 0 Å². The van der Waals surface area contributed by atoms with Gasteiger partial charge >= 0.3 is 5.97 Å². The van der Waals surface area contributed by atoms with Gasteiger partial charge in [0.1, 0.15) is 11.5 Å². The average Bonchev–Trinajstić information content (AvgIpc) is 3.05. The maximum absolute atomic E-state index is 14.0. The van der Waals surface area contributed by atoms with Crippen molar-refractivity contribution in [2.24, 2.45) is 0 Å². The van der Waals surface area contributed by atoms with Crippen molar-refractivity contribution in [2.75, 3.05) is 32.1 Å². The van der Waals surface area contributed by atoms with Gasteiger partial charge in [-0.2, -0.15) is 0 Å². The Morgan fingerprint density at radius 3 is 2.70 bits per heavy atom. The number of aromatic nitrogens is 1. The summed E-state index contributed by atoms with van der Waals surface area (Å²) in [5.74, 6) is -1.12. The number of amides is 1. The van der Waals surface area contributed by atoms with Gasteiger partial charge in [-0.25, -0.2) is 9.37 Å². The molecule has 1 unspecified atom stereocenters. The highest BCUT2D eigenvalue weighted by Gasteiger charge is 2.40. The minimum atomic E-state index is -0.479. The quantitative estimate of drug-likeness (QED) is 0.634. The zero-order chi connectivity index (χ0) is 22.1. The lowest BCUT2D eigenvalue weighted by molar-refractivity contribution is -0.140. The molecule has 1 aromatic heterocycles. The molecule has 160 valence electrons. The summed E-state index contributed by atoms with van der Waals surface area (Å²) in [6.07, 6.45) is 0.918. The molecule has 0 bridgehead atoms. The molecule has 0 spiro atoms. The molecule has 1 aliphatic heterocycles. The Morgan fingerprint density at radius 2 is 2.07 bits per heavy atom. The van der Waals surface area contributed by atoms with Crippen molar-refractivity contribution in [3.8, 4) is 0 Å². The highest BCUT2D eigenvalue weighted by atomic mass is 35.5. The summed E-state index contributed by atoms with van der Waals surface area (Å²) in [5.41, 5.74) is 2.34. The van der Waals surface area contributed by atoms with Crippen LogP contribution in [0.2, 0.25) is 5.02 Å². The highest BCUT2D eigenvalue weighted by Crippen LogP contribution is 2.45. The lowest BCUT2D eigenvalue weighted by Gasteiger charge is -2.24. The molecule has 3 rings (SSSR count). The third-order valence-corrected chi connectivity index (χ3v) is 5.99. The Bertz CT molecular complexity index is 984. The van der Waals surface area contributed by atoms with Crippen LogP contribution in [0, 0.1) is 5.82 Å². The third kappa shape index (κ3) is 4.12. The van der Waals surface area contributed by atoms with Gasteiger partial charge < -0.3 is 14.5 Å². The molecule has 2 heterocycles. The molecule has 1 aromatic carbocycles. The topological polar surface area (TPSA) is 62.7 Å². The maximum atomic E-state index is 14.0. The van der Waals surface area contributed by atoms with Crippen LogP contribution in [0.25, 0.3) is 0 Å². The first kappa shape index (κ1) is 22.0. The van der Waals surface area contributed by atoms with Gasteiger partial charge in [0, 0.05) is 31.2 Å². The summed E-state index contributed by atoms with van der Waals surface area (Å²) >= 11 is 5.83. The molecule has 0 radical (unpaired) electrons. The van der Waals surface area contributed by atoms with E-state index in [4.69, 9.17) is 16.6 Å². The number of fused-ring (bicyclic) bond motifs is 1. The molecule has 30 heavy (non-hydrogen) atoms. The van der Waals surface area contributed by atoms with E-state index in [9.17, 15) is 14.0 Å². The number of halogens is 2. The van der Waals surface area contributed by atoms with Crippen molar-refractivity contribution in [2.45, 2.75) is 32.1 Å². The number of esters is 1. The van der Waals surface area contributed by atoms with E-state index in [2.05, 4.69) is 18.6 Å². The minimum absolute atomic E-state index is 0.0745. The number of carbonyl (C=O) groups excluding carboxylic acids is 2. The molecule has 0 saturated carbocycles. The third-order valence-electron chi connectivity index (χ3n) is 5.68. The first-order chi connectivity index (χ1) is 14.2. The number of hydrogen-bond donors (Lipinski definition) is 0. The Hall–Kier alpha value is -2.67. The summed E-state index contributed by atoms with van der Waals surface area (Å²) in [4.78, 5) is 32.3. The van der Waals surface area contributed by atoms with E-state index in [0.717, 1.165) is 17.8 Å². The number of anilines is 2. The van der Waals surface area contributed by atoms with Crippen LogP contribution in [-0.2, 0) is 14.9 Å². The highest BCUT2D eigenvalue weighted by molar-refractivity contribution is 6.30. The van der Waals surface area contributed by atoms with Crippen LogP contribution >= 0.6 is 11.6 Å². The van der Waals surface area contributed by atoms with Gasteiger partial charge in [-0.05, 0) is 36.8 Å². The van der Waals surface area contributed by atoms with E-state index < -0.39 is 5.82 Å². The molecule has 0 N–H and O–H groups in total. The van der Waals surface area contributed by atoms with Gasteiger partial charge in [0.15, 0.2) is 0 Å². The molecule has 0 fully saturated rings. The monoisotopic (exact) mass is 433 g/mol. The predicted octanol–water partition coefficient (Wildman–Crippen LogP) is 4.33. The van der Waals surface area contributed by atoms with Crippen LogP contribution in [0.4, 0.5) is 15.8 Å². The van der Waals surface area contributed by atoms with E-state index in [1.807, 2.05) is 11.0 Å². The molecule has 1 atom stereocenters. The number of rotatable bonds is 6. The summed E-state index contributed by atoms with van der Waals surface area (Å²) in [6, 6.07) is 8.23. The van der Waals surface area contributed by atoms with Crippen molar-refractivity contribution in [3.05, 3.63) is 52.6 Å². The van der Waals surface area contributed by atoms with Crippen molar-refractivity contribution in [1.29, 1.82) is 0 Å². The van der Waals surface area contributed by atoms with Crippen molar-refractivity contribution in [3.63, 3.8) is 0 Å². The second-order valence-electron chi connectivity index (χ2n) is 7.72. The van der Waals surface area contributed by atoms with E-state index in [1.54, 1.807) is 19.2 Å². The first-order valence-corrected chi connectivity index (χ1v) is 10.1. The van der Waals surface area contributed by atoms with Crippen LogP contribution in [-0.4, -0.2) is 49.0 Å². The molecule has 8 heteroatoms. The molecular formula is C22H25ClFN3O3. The number of benzene rings is 1. The molecule has 0 saturated heterocycles. The van der Waals surface area contributed by atoms with Gasteiger partial charge in [0.25, 0.3) is 5.91 Å². The average molecular weight is 434 g/mol. The SMILES string of the molecule is CCC1(C)CN(c2ccc(Cl)c(F)c2)c2ccc(C(=O)N(C)CCC(=O)OC)nc21. The zero-order valence-electron chi connectivity index (χ0n) is 17.5. The van der Waals surface area contributed by atoms with Gasteiger partial charge in [-0.3, -0.25) is 9.59 Å². The standard InChI is InChI=1S/C22H25ClFN3O3/c1-5-22(2)13-27(14-6-7-15(23)16(24)12-14)18-9-8-17(25-20(18)22)21(29)26(3)11-10-19(28)30-4/h6-9,12H,5,10-11,13H2,1-4H3.